The Kier molecular flexibility index (Phi) is 7.44. The summed E-state index contributed by atoms with van der Waals surface area (Å²) in [6.07, 6.45) is 6.78. The summed E-state index contributed by atoms with van der Waals surface area (Å²) >= 11 is 0. The van der Waals surface area contributed by atoms with Crippen LogP contribution in [0.5, 0.6) is 0 Å². The Morgan fingerprint density at radius 3 is 2.28 bits per heavy atom. The topological polar surface area (TPSA) is 99.2 Å². The van der Waals surface area contributed by atoms with Crippen LogP contribution in [0, 0.1) is 25.7 Å². The van der Waals surface area contributed by atoms with Gasteiger partial charge in [0, 0.05) is 44.1 Å². The zero-order valence-electron chi connectivity index (χ0n) is 22.0. The Bertz CT molecular complexity index is 1180. The average Bonchev–Trinajstić information content (AvgIpc) is 3.13. The lowest BCUT2D eigenvalue weighted by Gasteiger charge is -2.34. The van der Waals surface area contributed by atoms with E-state index in [0.29, 0.717) is 18.8 Å². The van der Waals surface area contributed by atoms with Gasteiger partial charge in [-0.3, -0.25) is 14.6 Å². The molecule has 4 rings (SSSR count). The van der Waals surface area contributed by atoms with Crippen molar-refractivity contribution in [1.82, 2.24) is 9.62 Å². The van der Waals surface area contributed by atoms with Gasteiger partial charge < -0.3 is 10.2 Å². The molecule has 2 heterocycles. The molecule has 2 fully saturated rings. The molecule has 1 N–H and O–H groups in total. The van der Waals surface area contributed by atoms with Gasteiger partial charge >= 0.3 is 0 Å². The highest BCUT2D eigenvalue weighted by Crippen LogP contribution is 2.36. The Balaban J connectivity index is 1.43. The molecule has 1 aromatic carbocycles. The first-order valence-electron chi connectivity index (χ1n) is 12.9. The molecule has 1 spiro atoms. The molecular formula is C27H38N4O4S. The minimum absolute atomic E-state index is 0.0596. The molecule has 8 nitrogen and oxygen atoms in total. The number of aryl methyl sites for hydroxylation is 2. The molecule has 0 aromatic heterocycles. The number of benzene rings is 1. The van der Waals surface area contributed by atoms with Crippen molar-refractivity contribution in [2.75, 3.05) is 25.0 Å². The number of nitrogens with one attached hydrogen (secondary N) is 1. The number of piperidine rings is 1. The minimum Gasteiger partial charge on any atom is -0.315 e. The number of amidine groups is 1. The molecule has 0 atom stereocenters. The number of rotatable bonds is 5. The van der Waals surface area contributed by atoms with Crippen LogP contribution in [0.3, 0.4) is 0 Å². The number of hydrogen-bond donors (Lipinski definition) is 1. The van der Waals surface area contributed by atoms with Crippen LogP contribution in [-0.2, 0) is 19.6 Å². The van der Waals surface area contributed by atoms with Crippen LogP contribution in [0.2, 0.25) is 0 Å². The quantitative estimate of drug-likeness (QED) is 0.646. The minimum atomic E-state index is -3.64. The number of carbonyl (C=O) groups excluding carboxylic acids is 2. The zero-order valence-corrected chi connectivity index (χ0v) is 22.8. The monoisotopic (exact) mass is 514 g/mol. The SMILES string of the molecule is CC(=O)N(C)c1c(C)cc(C=CS(=O)(=O)N2CCC3(CC2)N=C(C2CCC(C)CC2)NC3=O)cc1C. The highest BCUT2D eigenvalue weighted by atomic mass is 32.2. The predicted molar refractivity (Wildman–Crippen MR) is 143 cm³/mol. The van der Waals surface area contributed by atoms with E-state index >= 15 is 0 Å². The van der Waals surface area contributed by atoms with Gasteiger partial charge in [-0.25, -0.2) is 8.42 Å². The van der Waals surface area contributed by atoms with Crippen LogP contribution < -0.4 is 10.2 Å². The van der Waals surface area contributed by atoms with Gasteiger partial charge in [-0.1, -0.05) is 19.8 Å². The van der Waals surface area contributed by atoms with Crippen molar-refractivity contribution >= 4 is 39.4 Å². The maximum absolute atomic E-state index is 13.1. The molecule has 1 saturated heterocycles. The molecule has 1 saturated carbocycles. The van der Waals surface area contributed by atoms with Crippen LogP contribution in [0.15, 0.2) is 22.5 Å². The Morgan fingerprint density at radius 2 is 1.72 bits per heavy atom. The van der Waals surface area contributed by atoms with Crippen molar-refractivity contribution < 1.29 is 18.0 Å². The van der Waals surface area contributed by atoms with Gasteiger partial charge in [-0.2, -0.15) is 4.31 Å². The lowest BCUT2D eigenvalue weighted by Crippen LogP contribution is -2.50. The van der Waals surface area contributed by atoms with Crippen molar-refractivity contribution in [3.8, 4) is 0 Å². The molecule has 9 heteroatoms. The lowest BCUT2D eigenvalue weighted by molar-refractivity contribution is -0.125. The van der Waals surface area contributed by atoms with Crippen molar-refractivity contribution in [3.05, 3.63) is 34.2 Å². The van der Waals surface area contributed by atoms with Gasteiger partial charge in [0.25, 0.3) is 5.91 Å². The van der Waals surface area contributed by atoms with E-state index in [9.17, 15) is 18.0 Å². The number of hydrogen-bond acceptors (Lipinski definition) is 5. The summed E-state index contributed by atoms with van der Waals surface area (Å²) in [6.45, 7) is 8.12. The van der Waals surface area contributed by atoms with E-state index in [-0.39, 0.29) is 24.9 Å². The summed E-state index contributed by atoms with van der Waals surface area (Å²) in [5.41, 5.74) is 2.56. The molecule has 0 bridgehead atoms. The van der Waals surface area contributed by atoms with Crippen molar-refractivity contribution in [1.29, 1.82) is 0 Å². The zero-order chi connectivity index (χ0) is 26.3. The van der Waals surface area contributed by atoms with E-state index in [1.54, 1.807) is 18.0 Å². The number of anilines is 1. The fraction of sp³-hybridized carbons (Fsp3) is 0.593. The van der Waals surface area contributed by atoms with E-state index < -0.39 is 15.6 Å². The molecule has 3 aliphatic rings. The molecule has 0 unspecified atom stereocenters. The highest BCUT2D eigenvalue weighted by Gasteiger charge is 2.48. The second kappa shape index (κ2) is 10.1. The van der Waals surface area contributed by atoms with Crippen molar-refractivity contribution in [2.24, 2.45) is 16.8 Å². The number of aliphatic imine (C=N–C) groups is 1. The summed E-state index contributed by atoms with van der Waals surface area (Å²) in [5, 5.41) is 4.27. The van der Waals surface area contributed by atoms with E-state index in [2.05, 4.69) is 12.2 Å². The maximum Gasteiger partial charge on any atom is 0.253 e. The molecule has 196 valence electrons. The van der Waals surface area contributed by atoms with Gasteiger partial charge in [0.15, 0.2) is 0 Å². The number of carbonyl (C=O) groups is 2. The standard InChI is InChI=1S/C27H38N4O4S/c1-18-6-8-23(9-7-18)25-28-26(33)27(29-25)11-13-31(14-12-27)36(34,35)15-10-22-16-19(2)24(20(3)17-22)30(5)21(4)32/h10,15-18,23H,6-9,11-14H2,1-5H3,(H,28,29,33). The van der Waals surface area contributed by atoms with Crippen LogP contribution in [0.25, 0.3) is 6.08 Å². The first-order valence-corrected chi connectivity index (χ1v) is 14.4. The van der Waals surface area contributed by atoms with Crippen LogP contribution in [-0.4, -0.2) is 56.0 Å². The Labute approximate surface area is 214 Å². The first-order chi connectivity index (χ1) is 16.9. The largest absolute Gasteiger partial charge is 0.315 e. The molecule has 2 amide bonds. The second-order valence-corrected chi connectivity index (χ2v) is 12.6. The Hall–Kier alpha value is -2.52. The molecule has 0 radical (unpaired) electrons. The van der Waals surface area contributed by atoms with Gasteiger partial charge in [0.1, 0.15) is 11.4 Å². The highest BCUT2D eigenvalue weighted by molar-refractivity contribution is 7.92. The van der Waals surface area contributed by atoms with Crippen molar-refractivity contribution in [3.63, 3.8) is 0 Å². The molecular weight excluding hydrogens is 476 g/mol. The normalized spacial score (nSPS) is 24.7. The molecule has 1 aromatic rings. The summed E-state index contributed by atoms with van der Waals surface area (Å²) in [6, 6.07) is 3.76. The van der Waals surface area contributed by atoms with Crippen LogP contribution in [0.4, 0.5) is 5.69 Å². The van der Waals surface area contributed by atoms with E-state index in [1.807, 2.05) is 26.0 Å². The Morgan fingerprint density at radius 1 is 1.14 bits per heavy atom. The predicted octanol–water partition coefficient (Wildman–Crippen LogP) is 3.78. The summed E-state index contributed by atoms with van der Waals surface area (Å²) < 4.78 is 27.6. The average molecular weight is 515 g/mol. The fourth-order valence-corrected chi connectivity index (χ4v) is 6.93. The van der Waals surface area contributed by atoms with Gasteiger partial charge in [0.05, 0.1) is 0 Å². The van der Waals surface area contributed by atoms with Crippen molar-refractivity contribution in [2.45, 2.75) is 71.8 Å². The molecule has 2 aliphatic heterocycles. The van der Waals surface area contributed by atoms with Gasteiger partial charge in [-0.15, -0.1) is 0 Å². The third-order valence-electron chi connectivity index (χ3n) is 8.06. The lowest BCUT2D eigenvalue weighted by atomic mass is 9.82. The molecule has 1 aliphatic carbocycles. The van der Waals surface area contributed by atoms with E-state index in [4.69, 9.17) is 4.99 Å². The van der Waals surface area contributed by atoms with Crippen LogP contribution in [0.1, 0.15) is 69.1 Å². The second-order valence-electron chi connectivity index (χ2n) is 10.8. The van der Waals surface area contributed by atoms with Gasteiger partial charge in [-0.05, 0) is 80.3 Å². The van der Waals surface area contributed by atoms with E-state index in [1.165, 1.54) is 16.6 Å². The molecule has 36 heavy (non-hydrogen) atoms. The van der Waals surface area contributed by atoms with Crippen LogP contribution >= 0.6 is 0 Å². The number of nitrogens with zero attached hydrogens (tertiary/aromatic N) is 3. The number of amides is 2. The smallest absolute Gasteiger partial charge is 0.253 e. The maximum atomic E-state index is 13.1. The van der Waals surface area contributed by atoms with Gasteiger partial charge in [0.2, 0.25) is 15.9 Å². The summed E-state index contributed by atoms with van der Waals surface area (Å²) in [5.74, 6) is 1.71. The summed E-state index contributed by atoms with van der Waals surface area (Å²) in [4.78, 5) is 31.1. The third-order valence-corrected chi connectivity index (χ3v) is 9.63. The first kappa shape index (κ1) is 26.5. The summed E-state index contributed by atoms with van der Waals surface area (Å²) in [7, 11) is -1.91. The third kappa shape index (κ3) is 5.27. The van der Waals surface area contributed by atoms with E-state index in [0.717, 1.165) is 59.8 Å². The fourth-order valence-electron chi connectivity index (χ4n) is 5.74. The number of sulfonamides is 1.